The molecule has 1 N–H and O–H groups in total. The first kappa shape index (κ1) is 19.3. The normalized spacial score (nSPS) is 13.3. The van der Waals surface area contributed by atoms with Gasteiger partial charge in [0.05, 0.1) is 24.1 Å². The summed E-state index contributed by atoms with van der Waals surface area (Å²) in [7, 11) is -2.02. The third kappa shape index (κ3) is 4.54. The van der Waals surface area contributed by atoms with Crippen LogP contribution in [0, 0.1) is 11.3 Å². The zero-order valence-electron chi connectivity index (χ0n) is 15.6. The summed E-state index contributed by atoms with van der Waals surface area (Å²) < 4.78 is 6.25. The fourth-order valence-corrected chi connectivity index (χ4v) is 3.33. The van der Waals surface area contributed by atoms with Crippen LogP contribution in [0.5, 0.6) is 0 Å². The third-order valence-corrected chi connectivity index (χ3v) is 9.25. The molecule has 0 unspecified atom stereocenters. The SMILES string of the molecule is CC(C)(C)[Si](C)(C)O[C@@H](C#N)c1ccc(-c2cccc(CO)n2)cc1. The third-order valence-electron chi connectivity index (χ3n) is 4.81. The van der Waals surface area contributed by atoms with E-state index in [1.54, 1.807) is 6.07 Å². The number of nitrogens with zero attached hydrogens (tertiary/aromatic N) is 2. The maximum absolute atomic E-state index is 9.57. The van der Waals surface area contributed by atoms with Gasteiger partial charge in [-0.2, -0.15) is 5.26 Å². The minimum Gasteiger partial charge on any atom is -0.398 e. The lowest BCUT2D eigenvalue weighted by atomic mass is 10.1. The van der Waals surface area contributed by atoms with Crippen molar-refractivity contribution >= 4 is 8.32 Å². The van der Waals surface area contributed by atoms with E-state index < -0.39 is 14.4 Å². The lowest BCUT2D eigenvalue weighted by Crippen LogP contribution is -2.41. The molecule has 1 aromatic carbocycles. The van der Waals surface area contributed by atoms with Crippen molar-refractivity contribution in [2.75, 3.05) is 0 Å². The highest BCUT2D eigenvalue weighted by Gasteiger charge is 2.39. The molecule has 0 aliphatic rings. The van der Waals surface area contributed by atoms with Gasteiger partial charge in [-0.3, -0.25) is 4.98 Å². The second-order valence-corrected chi connectivity index (χ2v) is 12.4. The zero-order chi connectivity index (χ0) is 18.7. The van der Waals surface area contributed by atoms with Crippen LogP contribution in [0.4, 0.5) is 0 Å². The van der Waals surface area contributed by atoms with E-state index in [2.05, 4.69) is 44.9 Å². The highest BCUT2D eigenvalue weighted by atomic mass is 28.4. The molecule has 1 aromatic heterocycles. The summed E-state index contributed by atoms with van der Waals surface area (Å²) in [6.45, 7) is 10.7. The molecule has 0 radical (unpaired) electrons. The van der Waals surface area contributed by atoms with E-state index >= 15 is 0 Å². The Morgan fingerprint density at radius 2 is 1.80 bits per heavy atom. The van der Waals surface area contributed by atoms with Gasteiger partial charge in [0, 0.05) is 5.56 Å². The molecule has 132 valence electrons. The molecular weight excluding hydrogens is 328 g/mol. The Morgan fingerprint density at radius 1 is 1.16 bits per heavy atom. The number of hydrogen-bond donors (Lipinski definition) is 1. The van der Waals surface area contributed by atoms with E-state index in [9.17, 15) is 10.4 Å². The Hall–Kier alpha value is -2.00. The Labute approximate surface area is 151 Å². The quantitative estimate of drug-likeness (QED) is 0.781. The maximum Gasteiger partial charge on any atom is 0.194 e. The topological polar surface area (TPSA) is 66.1 Å². The largest absolute Gasteiger partial charge is 0.398 e. The van der Waals surface area contributed by atoms with Gasteiger partial charge < -0.3 is 9.53 Å². The predicted octanol–water partition coefficient (Wildman–Crippen LogP) is 4.83. The smallest absolute Gasteiger partial charge is 0.194 e. The zero-order valence-corrected chi connectivity index (χ0v) is 16.6. The monoisotopic (exact) mass is 354 g/mol. The van der Waals surface area contributed by atoms with Crippen molar-refractivity contribution < 1.29 is 9.53 Å². The molecule has 0 amide bonds. The summed E-state index contributed by atoms with van der Waals surface area (Å²) in [6, 6.07) is 15.6. The molecule has 0 fully saturated rings. The molecule has 0 saturated carbocycles. The van der Waals surface area contributed by atoms with Crippen LogP contribution in [0.2, 0.25) is 18.1 Å². The number of rotatable bonds is 5. The highest BCUT2D eigenvalue weighted by molar-refractivity contribution is 6.74. The molecular formula is C20H26N2O2Si. The summed E-state index contributed by atoms with van der Waals surface area (Å²) in [6.07, 6.45) is -0.563. The van der Waals surface area contributed by atoms with Crippen LogP contribution in [-0.2, 0) is 11.0 Å². The van der Waals surface area contributed by atoms with Crippen LogP contribution >= 0.6 is 0 Å². The number of aliphatic hydroxyl groups is 1. The van der Waals surface area contributed by atoms with Crippen molar-refractivity contribution in [2.24, 2.45) is 0 Å². The van der Waals surface area contributed by atoms with Crippen molar-refractivity contribution in [1.29, 1.82) is 5.26 Å². The number of nitriles is 1. The van der Waals surface area contributed by atoms with Gasteiger partial charge in [-0.15, -0.1) is 0 Å². The van der Waals surface area contributed by atoms with Gasteiger partial charge in [-0.05, 0) is 35.8 Å². The fourth-order valence-electron chi connectivity index (χ4n) is 2.20. The number of aliphatic hydroxyl groups excluding tert-OH is 1. The summed E-state index contributed by atoms with van der Waals surface area (Å²) in [5, 5.41) is 18.8. The summed E-state index contributed by atoms with van der Waals surface area (Å²) in [5.41, 5.74) is 3.24. The molecule has 1 heterocycles. The molecule has 25 heavy (non-hydrogen) atoms. The predicted molar refractivity (Wildman–Crippen MR) is 102 cm³/mol. The standard InChI is InChI=1S/C20H26N2O2Si/c1-20(2,3)25(4,5)24-19(13-21)16-11-9-15(10-12-16)18-8-6-7-17(14-23)22-18/h6-12,19,23H,14H2,1-5H3/t19-/m0/s1. The van der Waals surface area contributed by atoms with Crippen molar-refractivity contribution in [3.63, 3.8) is 0 Å². The van der Waals surface area contributed by atoms with Gasteiger partial charge >= 0.3 is 0 Å². The van der Waals surface area contributed by atoms with Gasteiger partial charge in [-0.25, -0.2) is 0 Å². The molecule has 4 nitrogen and oxygen atoms in total. The van der Waals surface area contributed by atoms with Crippen LogP contribution in [-0.4, -0.2) is 18.4 Å². The average Bonchev–Trinajstić information content (AvgIpc) is 2.59. The fraction of sp³-hybridized carbons (Fsp3) is 0.400. The van der Waals surface area contributed by atoms with Crippen LogP contribution in [0.25, 0.3) is 11.3 Å². The molecule has 0 aliphatic carbocycles. The van der Waals surface area contributed by atoms with Crippen LogP contribution in [0.3, 0.4) is 0 Å². The van der Waals surface area contributed by atoms with Gasteiger partial charge in [0.1, 0.15) is 0 Å². The Kier molecular flexibility index (Phi) is 5.78. The van der Waals surface area contributed by atoms with E-state index in [1.165, 1.54) is 0 Å². The Morgan fingerprint density at radius 3 is 2.32 bits per heavy atom. The van der Waals surface area contributed by atoms with Gasteiger partial charge in [0.25, 0.3) is 0 Å². The first-order valence-corrected chi connectivity index (χ1v) is 11.3. The van der Waals surface area contributed by atoms with Crippen LogP contribution in [0.15, 0.2) is 42.5 Å². The maximum atomic E-state index is 9.57. The molecule has 0 aliphatic heterocycles. The van der Waals surface area contributed by atoms with Crippen LogP contribution < -0.4 is 0 Å². The average molecular weight is 355 g/mol. The lowest BCUT2D eigenvalue weighted by molar-refractivity contribution is 0.236. The van der Waals surface area contributed by atoms with Crippen molar-refractivity contribution in [1.82, 2.24) is 4.98 Å². The van der Waals surface area contributed by atoms with Gasteiger partial charge in [-0.1, -0.05) is 51.1 Å². The van der Waals surface area contributed by atoms with Crippen molar-refractivity contribution in [2.45, 2.75) is 51.6 Å². The second-order valence-electron chi connectivity index (χ2n) is 7.68. The first-order chi connectivity index (χ1) is 11.7. The van der Waals surface area contributed by atoms with E-state index in [0.717, 1.165) is 16.8 Å². The highest BCUT2D eigenvalue weighted by Crippen LogP contribution is 2.39. The Bertz CT molecular complexity index is 759. The van der Waals surface area contributed by atoms with Crippen molar-refractivity contribution in [3.05, 3.63) is 53.7 Å². The summed E-state index contributed by atoms with van der Waals surface area (Å²) >= 11 is 0. The first-order valence-electron chi connectivity index (χ1n) is 8.42. The molecule has 0 bridgehead atoms. The lowest BCUT2D eigenvalue weighted by Gasteiger charge is -2.37. The number of pyridine rings is 1. The minimum atomic E-state index is -2.02. The summed E-state index contributed by atoms with van der Waals surface area (Å²) in [4.78, 5) is 4.41. The van der Waals surface area contributed by atoms with E-state index in [4.69, 9.17) is 4.43 Å². The van der Waals surface area contributed by atoms with Crippen molar-refractivity contribution in [3.8, 4) is 17.3 Å². The van der Waals surface area contributed by atoms with Crippen LogP contribution in [0.1, 0.15) is 38.1 Å². The molecule has 0 saturated heterocycles. The van der Waals surface area contributed by atoms with E-state index in [-0.39, 0.29) is 11.6 Å². The van der Waals surface area contributed by atoms with Gasteiger partial charge in [0.15, 0.2) is 14.4 Å². The molecule has 0 spiro atoms. The summed E-state index contributed by atoms with van der Waals surface area (Å²) in [5.74, 6) is 0. The number of benzene rings is 1. The van der Waals surface area contributed by atoms with E-state index in [1.807, 2.05) is 36.4 Å². The number of aromatic nitrogens is 1. The molecule has 1 atom stereocenters. The van der Waals surface area contributed by atoms with Gasteiger partial charge in [0.2, 0.25) is 0 Å². The number of hydrogen-bond acceptors (Lipinski definition) is 4. The minimum absolute atomic E-state index is 0.0523. The molecule has 2 aromatic rings. The molecule has 5 heteroatoms. The van der Waals surface area contributed by atoms with E-state index in [0.29, 0.717) is 5.69 Å². The Balaban J connectivity index is 2.24. The second kappa shape index (κ2) is 7.48. The molecule has 2 rings (SSSR count).